The molecule has 18 heavy (non-hydrogen) atoms. The molecule has 96 valence electrons. The number of ether oxygens (including phenoxy) is 1. The first kappa shape index (κ1) is 13.5. The van der Waals surface area contributed by atoms with Crippen LogP contribution in [0.4, 0.5) is 0 Å². The van der Waals surface area contributed by atoms with Gasteiger partial charge in [-0.05, 0) is 31.2 Å². The molecule has 1 heterocycles. The Morgan fingerprint density at radius 3 is 2.83 bits per heavy atom. The van der Waals surface area contributed by atoms with E-state index in [4.69, 9.17) is 4.74 Å². The topological polar surface area (TPSA) is 34.1 Å². The maximum atomic E-state index is 5.63. The Hall–Kier alpha value is -0.910. The summed E-state index contributed by atoms with van der Waals surface area (Å²) in [6.45, 7) is 3.56. The molecule has 2 rings (SSSR count). The summed E-state index contributed by atoms with van der Waals surface area (Å²) >= 11 is 5.06. The van der Waals surface area contributed by atoms with Crippen LogP contribution in [0.2, 0.25) is 0 Å². The molecule has 5 heteroatoms. The maximum Gasteiger partial charge on any atom is 0.119 e. The Morgan fingerprint density at radius 1 is 1.39 bits per heavy atom. The monoisotopic (exact) mass is 326 g/mol. The van der Waals surface area contributed by atoms with Crippen molar-refractivity contribution in [1.29, 1.82) is 0 Å². The molecule has 0 aliphatic carbocycles. The lowest BCUT2D eigenvalue weighted by Gasteiger charge is -2.11. The molecule has 1 atom stereocenters. The van der Waals surface area contributed by atoms with Gasteiger partial charge in [-0.1, -0.05) is 15.9 Å². The van der Waals surface area contributed by atoms with Crippen LogP contribution in [-0.4, -0.2) is 18.1 Å². The summed E-state index contributed by atoms with van der Waals surface area (Å²) < 4.78 is 6.69. The summed E-state index contributed by atoms with van der Waals surface area (Å²) in [5.41, 5.74) is 0. The molecule has 0 radical (unpaired) electrons. The molecule has 0 amide bonds. The fourth-order valence-corrected chi connectivity index (χ4v) is 2.45. The van der Waals surface area contributed by atoms with Crippen LogP contribution in [-0.2, 0) is 0 Å². The predicted molar refractivity (Wildman–Crippen MR) is 78.2 cm³/mol. The van der Waals surface area contributed by atoms with Crippen molar-refractivity contribution in [2.75, 3.05) is 13.2 Å². The van der Waals surface area contributed by atoms with Crippen molar-refractivity contribution in [3.63, 3.8) is 0 Å². The number of benzene rings is 1. The molecule has 0 spiro atoms. The van der Waals surface area contributed by atoms with Gasteiger partial charge >= 0.3 is 0 Å². The van der Waals surface area contributed by atoms with Gasteiger partial charge in [-0.3, -0.25) is 0 Å². The van der Waals surface area contributed by atoms with Gasteiger partial charge < -0.3 is 10.1 Å². The highest BCUT2D eigenvalue weighted by Gasteiger charge is 2.06. The van der Waals surface area contributed by atoms with E-state index in [2.05, 4.69) is 33.2 Å². The Kier molecular flexibility index (Phi) is 5.16. The SMILES string of the molecule is CC(NCCOc1ccc(Br)cc1)c1nccs1. The van der Waals surface area contributed by atoms with Crippen molar-refractivity contribution in [2.45, 2.75) is 13.0 Å². The van der Waals surface area contributed by atoms with Crippen LogP contribution in [0.25, 0.3) is 0 Å². The lowest BCUT2D eigenvalue weighted by molar-refractivity contribution is 0.307. The Balaban J connectivity index is 1.68. The summed E-state index contributed by atoms with van der Waals surface area (Å²) in [6, 6.07) is 8.13. The van der Waals surface area contributed by atoms with Crippen LogP contribution in [0.3, 0.4) is 0 Å². The first-order valence-corrected chi connectivity index (χ1v) is 7.44. The van der Waals surface area contributed by atoms with Gasteiger partial charge in [0.05, 0.1) is 6.04 Å². The molecule has 0 saturated heterocycles. The van der Waals surface area contributed by atoms with Gasteiger partial charge in [0.15, 0.2) is 0 Å². The largest absolute Gasteiger partial charge is 0.492 e. The Morgan fingerprint density at radius 2 is 2.17 bits per heavy atom. The van der Waals surface area contributed by atoms with Crippen LogP contribution in [0.5, 0.6) is 5.75 Å². The molecule has 1 aromatic carbocycles. The number of thiazole rings is 1. The number of hydrogen-bond acceptors (Lipinski definition) is 4. The standard InChI is InChI=1S/C13H15BrN2OS/c1-10(13-16-7-9-18-13)15-6-8-17-12-4-2-11(14)3-5-12/h2-5,7,9-10,15H,6,8H2,1H3. The van der Waals surface area contributed by atoms with Gasteiger partial charge in [-0.15, -0.1) is 11.3 Å². The van der Waals surface area contributed by atoms with E-state index >= 15 is 0 Å². The fourth-order valence-electron chi connectivity index (χ4n) is 1.51. The average molecular weight is 327 g/mol. The molecule has 0 saturated carbocycles. The van der Waals surface area contributed by atoms with E-state index in [1.807, 2.05) is 35.8 Å². The van der Waals surface area contributed by atoms with E-state index in [1.54, 1.807) is 11.3 Å². The van der Waals surface area contributed by atoms with Crippen LogP contribution in [0, 0.1) is 0 Å². The molecule has 1 N–H and O–H groups in total. The molecule has 2 aromatic rings. The van der Waals surface area contributed by atoms with Gasteiger partial charge in [0.1, 0.15) is 17.4 Å². The molecule has 0 bridgehead atoms. The second kappa shape index (κ2) is 6.87. The zero-order valence-corrected chi connectivity index (χ0v) is 12.5. The molecular weight excluding hydrogens is 312 g/mol. The van der Waals surface area contributed by atoms with E-state index in [9.17, 15) is 0 Å². The molecule has 1 unspecified atom stereocenters. The van der Waals surface area contributed by atoms with E-state index in [1.165, 1.54) is 0 Å². The zero-order valence-electron chi connectivity index (χ0n) is 10.1. The van der Waals surface area contributed by atoms with E-state index in [-0.39, 0.29) is 6.04 Å². The summed E-state index contributed by atoms with van der Waals surface area (Å²) in [5.74, 6) is 0.891. The van der Waals surface area contributed by atoms with Crippen LogP contribution in [0.1, 0.15) is 18.0 Å². The molecule has 0 aliphatic heterocycles. The third-order valence-corrected chi connectivity index (χ3v) is 3.94. The highest BCUT2D eigenvalue weighted by molar-refractivity contribution is 9.10. The summed E-state index contributed by atoms with van der Waals surface area (Å²) in [6.07, 6.45) is 1.83. The second-order valence-electron chi connectivity index (χ2n) is 3.85. The Labute approximate surface area is 119 Å². The van der Waals surface area contributed by atoms with Crippen molar-refractivity contribution < 1.29 is 4.74 Å². The quantitative estimate of drug-likeness (QED) is 0.823. The van der Waals surface area contributed by atoms with Crippen molar-refractivity contribution in [1.82, 2.24) is 10.3 Å². The molecule has 0 fully saturated rings. The summed E-state index contributed by atoms with van der Waals surface area (Å²) in [7, 11) is 0. The van der Waals surface area contributed by atoms with Gasteiger partial charge in [0, 0.05) is 22.6 Å². The van der Waals surface area contributed by atoms with E-state index in [0.717, 1.165) is 21.8 Å². The van der Waals surface area contributed by atoms with Crippen LogP contribution < -0.4 is 10.1 Å². The van der Waals surface area contributed by atoms with Gasteiger partial charge in [-0.2, -0.15) is 0 Å². The number of halogens is 1. The minimum atomic E-state index is 0.276. The lowest BCUT2D eigenvalue weighted by atomic mass is 10.3. The van der Waals surface area contributed by atoms with E-state index < -0.39 is 0 Å². The third-order valence-electron chi connectivity index (χ3n) is 2.46. The second-order valence-corrected chi connectivity index (χ2v) is 5.69. The molecular formula is C13H15BrN2OS. The van der Waals surface area contributed by atoms with Crippen molar-refractivity contribution in [3.05, 3.63) is 45.3 Å². The number of aromatic nitrogens is 1. The minimum absolute atomic E-state index is 0.276. The zero-order chi connectivity index (χ0) is 12.8. The Bertz CT molecular complexity index is 458. The summed E-state index contributed by atoms with van der Waals surface area (Å²) in [5, 5.41) is 6.48. The van der Waals surface area contributed by atoms with Crippen molar-refractivity contribution in [3.8, 4) is 5.75 Å². The van der Waals surface area contributed by atoms with Crippen molar-refractivity contribution in [2.24, 2.45) is 0 Å². The third kappa shape index (κ3) is 4.08. The minimum Gasteiger partial charge on any atom is -0.492 e. The molecule has 3 nitrogen and oxygen atoms in total. The predicted octanol–water partition coefficient (Wildman–Crippen LogP) is 3.64. The number of rotatable bonds is 6. The fraction of sp³-hybridized carbons (Fsp3) is 0.308. The first-order chi connectivity index (χ1) is 8.75. The molecule has 0 aliphatic rings. The smallest absolute Gasteiger partial charge is 0.119 e. The van der Waals surface area contributed by atoms with Gasteiger partial charge in [0.2, 0.25) is 0 Å². The van der Waals surface area contributed by atoms with Crippen molar-refractivity contribution >= 4 is 27.3 Å². The van der Waals surface area contributed by atoms with E-state index in [0.29, 0.717) is 6.61 Å². The number of hydrogen-bond donors (Lipinski definition) is 1. The van der Waals surface area contributed by atoms with Gasteiger partial charge in [0.25, 0.3) is 0 Å². The average Bonchev–Trinajstić information content (AvgIpc) is 2.90. The van der Waals surface area contributed by atoms with Crippen LogP contribution >= 0.6 is 27.3 Å². The number of nitrogens with zero attached hydrogens (tertiary/aromatic N) is 1. The normalized spacial score (nSPS) is 12.3. The first-order valence-electron chi connectivity index (χ1n) is 5.77. The number of nitrogens with one attached hydrogen (secondary N) is 1. The summed E-state index contributed by atoms with van der Waals surface area (Å²) in [4.78, 5) is 4.27. The van der Waals surface area contributed by atoms with Crippen LogP contribution in [0.15, 0.2) is 40.3 Å². The maximum absolute atomic E-state index is 5.63. The highest BCUT2D eigenvalue weighted by Crippen LogP contribution is 2.16. The van der Waals surface area contributed by atoms with Gasteiger partial charge in [-0.25, -0.2) is 4.98 Å². The molecule has 1 aromatic heterocycles. The lowest BCUT2D eigenvalue weighted by Crippen LogP contribution is -2.24. The highest BCUT2D eigenvalue weighted by atomic mass is 79.9.